The van der Waals surface area contributed by atoms with E-state index in [0.29, 0.717) is 10.6 Å². The third-order valence-corrected chi connectivity index (χ3v) is 4.77. The van der Waals surface area contributed by atoms with Gasteiger partial charge in [-0.15, -0.1) is 23.1 Å². The van der Waals surface area contributed by atoms with Crippen molar-refractivity contribution in [2.75, 3.05) is 11.6 Å². The van der Waals surface area contributed by atoms with Gasteiger partial charge >= 0.3 is 5.97 Å². The zero-order valence-electron chi connectivity index (χ0n) is 13.1. The van der Waals surface area contributed by atoms with Gasteiger partial charge in [-0.1, -0.05) is 12.1 Å². The zero-order chi connectivity index (χ0) is 17.7. The number of thioether (sulfide) groups is 1. The van der Waals surface area contributed by atoms with E-state index in [1.54, 1.807) is 23.6 Å². The minimum absolute atomic E-state index is 0.222. The highest BCUT2D eigenvalue weighted by Crippen LogP contribution is 2.24. The standard InChI is InChI=1S/C16H16N2O4S2/c1-9(14(20)18-15-11(13(17)19)7-8-24-15)22-16(21)10-5-3-4-6-12(10)23-2/h3-9H,1-2H3,(H2,17,19)(H,18,20)/t9-/m0/s1. The Morgan fingerprint density at radius 2 is 1.92 bits per heavy atom. The lowest BCUT2D eigenvalue weighted by Crippen LogP contribution is -2.30. The molecule has 2 aromatic rings. The Balaban J connectivity index is 2.05. The highest BCUT2D eigenvalue weighted by Gasteiger charge is 2.22. The van der Waals surface area contributed by atoms with Gasteiger partial charge in [0.05, 0.1) is 11.1 Å². The smallest absolute Gasteiger partial charge is 0.340 e. The summed E-state index contributed by atoms with van der Waals surface area (Å²) in [6, 6.07) is 8.51. The van der Waals surface area contributed by atoms with Gasteiger partial charge in [-0.25, -0.2) is 4.79 Å². The lowest BCUT2D eigenvalue weighted by molar-refractivity contribution is -0.123. The average Bonchev–Trinajstić information content (AvgIpc) is 3.02. The molecule has 0 bridgehead atoms. The van der Waals surface area contributed by atoms with E-state index in [9.17, 15) is 14.4 Å². The molecule has 0 spiro atoms. The maximum atomic E-state index is 12.2. The predicted octanol–water partition coefficient (Wildman–Crippen LogP) is 2.75. The van der Waals surface area contributed by atoms with Crippen molar-refractivity contribution in [2.45, 2.75) is 17.9 Å². The summed E-state index contributed by atoms with van der Waals surface area (Å²) in [4.78, 5) is 36.4. The molecule has 0 saturated heterocycles. The Labute approximate surface area is 147 Å². The minimum Gasteiger partial charge on any atom is -0.449 e. The monoisotopic (exact) mass is 364 g/mol. The van der Waals surface area contributed by atoms with Crippen molar-refractivity contribution >= 4 is 45.9 Å². The second kappa shape index (κ2) is 7.98. The third-order valence-electron chi connectivity index (χ3n) is 3.15. The van der Waals surface area contributed by atoms with Crippen molar-refractivity contribution in [3.8, 4) is 0 Å². The van der Waals surface area contributed by atoms with E-state index < -0.39 is 23.9 Å². The number of benzene rings is 1. The number of anilines is 1. The SMILES string of the molecule is CSc1ccccc1C(=O)O[C@@H](C)C(=O)Nc1sccc1C(N)=O. The first kappa shape index (κ1) is 18.0. The van der Waals surface area contributed by atoms with Crippen LogP contribution in [0.5, 0.6) is 0 Å². The number of hydrogen-bond acceptors (Lipinski definition) is 6. The number of primary amides is 1. The van der Waals surface area contributed by atoms with Gasteiger partial charge in [0.1, 0.15) is 5.00 Å². The molecule has 0 saturated carbocycles. The Morgan fingerprint density at radius 1 is 1.21 bits per heavy atom. The Kier molecular flexibility index (Phi) is 5.99. The Hall–Kier alpha value is -2.32. The van der Waals surface area contributed by atoms with Crippen LogP contribution in [0.1, 0.15) is 27.6 Å². The van der Waals surface area contributed by atoms with Gasteiger partial charge in [-0.2, -0.15) is 0 Å². The number of ether oxygens (including phenoxy) is 1. The van der Waals surface area contributed by atoms with Gasteiger partial charge in [0.15, 0.2) is 6.10 Å². The number of carbonyl (C=O) groups excluding carboxylic acids is 3. The van der Waals surface area contributed by atoms with Crippen LogP contribution in [0.25, 0.3) is 0 Å². The van der Waals surface area contributed by atoms with Crippen molar-refractivity contribution in [2.24, 2.45) is 5.73 Å². The van der Waals surface area contributed by atoms with E-state index >= 15 is 0 Å². The minimum atomic E-state index is -1.02. The van der Waals surface area contributed by atoms with Crippen LogP contribution in [-0.4, -0.2) is 30.1 Å². The molecule has 126 valence electrons. The van der Waals surface area contributed by atoms with Crippen molar-refractivity contribution in [3.63, 3.8) is 0 Å². The number of esters is 1. The second-order valence-electron chi connectivity index (χ2n) is 4.76. The summed E-state index contributed by atoms with van der Waals surface area (Å²) < 4.78 is 5.21. The van der Waals surface area contributed by atoms with E-state index in [1.807, 2.05) is 12.3 Å². The molecule has 24 heavy (non-hydrogen) atoms. The highest BCUT2D eigenvalue weighted by molar-refractivity contribution is 7.98. The van der Waals surface area contributed by atoms with E-state index in [-0.39, 0.29) is 5.56 Å². The average molecular weight is 364 g/mol. The van der Waals surface area contributed by atoms with Gasteiger partial charge in [-0.3, -0.25) is 9.59 Å². The van der Waals surface area contributed by atoms with Crippen LogP contribution >= 0.6 is 23.1 Å². The van der Waals surface area contributed by atoms with Gasteiger partial charge < -0.3 is 15.8 Å². The second-order valence-corrected chi connectivity index (χ2v) is 6.53. The molecule has 0 unspecified atom stereocenters. The molecule has 0 aliphatic carbocycles. The van der Waals surface area contributed by atoms with Crippen molar-refractivity contribution in [3.05, 3.63) is 46.8 Å². The molecule has 1 heterocycles. The molecule has 2 amide bonds. The number of amides is 2. The van der Waals surface area contributed by atoms with E-state index in [0.717, 1.165) is 4.90 Å². The Bertz CT molecular complexity index is 773. The molecule has 0 aliphatic heterocycles. The predicted molar refractivity (Wildman–Crippen MR) is 94.6 cm³/mol. The summed E-state index contributed by atoms with van der Waals surface area (Å²) in [7, 11) is 0. The molecular weight excluding hydrogens is 348 g/mol. The maximum Gasteiger partial charge on any atom is 0.340 e. The van der Waals surface area contributed by atoms with Gasteiger partial charge in [0.2, 0.25) is 0 Å². The van der Waals surface area contributed by atoms with Crippen LogP contribution in [-0.2, 0) is 9.53 Å². The fourth-order valence-electron chi connectivity index (χ4n) is 1.90. The third kappa shape index (κ3) is 4.15. The summed E-state index contributed by atoms with van der Waals surface area (Å²) >= 11 is 2.59. The van der Waals surface area contributed by atoms with Gasteiger partial charge in [-0.05, 0) is 36.8 Å². The zero-order valence-corrected chi connectivity index (χ0v) is 14.7. The molecular formula is C16H16N2O4S2. The molecule has 0 aliphatic rings. The van der Waals surface area contributed by atoms with Crippen LogP contribution in [0.4, 0.5) is 5.00 Å². The van der Waals surface area contributed by atoms with Gasteiger partial charge in [0, 0.05) is 4.90 Å². The fraction of sp³-hybridized carbons (Fsp3) is 0.188. The van der Waals surface area contributed by atoms with Crippen LogP contribution in [0, 0.1) is 0 Å². The summed E-state index contributed by atoms with van der Waals surface area (Å²) in [5.41, 5.74) is 5.85. The number of rotatable bonds is 6. The first-order valence-electron chi connectivity index (χ1n) is 6.96. The molecule has 2 rings (SSSR count). The van der Waals surface area contributed by atoms with E-state index in [1.165, 1.54) is 36.1 Å². The molecule has 0 radical (unpaired) electrons. The highest BCUT2D eigenvalue weighted by atomic mass is 32.2. The van der Waals surface area contributed by atoms with Crippen LogP contribution < -0.4 is 11.1 Å². The summed E-state index contributed by atoms with van der Waals surface area (Å²) in [6.45, 7) is 1.46. The summed E-state index contributed by atoms with van der Waals surface area (Å²) in [5.74, 6) is -1.75. The van der Waals surface area contributed by atoms with E-state index in [4.69, 9.17) is 10.5 Å². The van der Waals surface area contributed by atoms with Crippen molar-refractivity contribution in [1.82, 2.24) is 0 Å². The lowest BCUT2D eigenvalue weighted by Gasteiger charge is -2.14. The Morgan fingerprint density at radius 3 is 2.58 bits per heavy atom. The number of nitrogens with two attached hydrogens (primary N) is 1. The maximum absolute atomic E-state index is 12.2. The molecule has 3 N–H and O–H groups in total. The molecule has 1 atom stereocenters. The fourth-order valence-corrected chi connectivity index (χ4v) is 3.29. The number of carbonyl (C=O) groups is 3. The summed E-state index contributed by atoms with van der Waals surface area (Å²) in [5, 5.41) is 4.53. The van der Waals surface area contributed by atoms with Crippen molar-refractivity contribution in [1.29, 1.82) is 0 Å². The van der Waals surface area contributed by atoms with Crippen LogP contribution in [0.2, 0.25) is 0 Å². The van der Waals surface area contributed by atoms with E-state index in [2.05, 4.69) is 5.32 Å². The lowest BCUT2D eigenvalue weighted by atomic mass is 10.2. The quantitative estimate of drug-likeness (QED) is 0.607. The van der Waals surface area contributed by atoms with Gasteiger partial charge in [0.25, 0.3) is 11.8 Å². The van der Waals surface area contributed by atoms with Crippen molar-refractivity contribution < 1.29 is 19.1 Å². The molecule has 1 aromatic heterocycles. The summed E-state index contributed by atoms with van der Waals surface area (Å²) in [6.07, 6.45) is 0.833. The molecule has 0 fully saturated rings. The number of nitrogens with one attached hydrogen (secondary N) is 1. The largest absolute Gasteiger partial charge is 0.449 e. The molecule has 1 aromatic carbocycles. The molecule has 6 nitrogen and oxygen atoms in total. The topological polar surface area (TPSA) is 98.5 Å². The first-order valence-corrected chi connectivity index (χ1v) is 9.06. The number of hydrogen-bond donors (Lipinski definition) is 2. The molecule has 8 heteroatoms. The van der Waals surface area contributed by atoms with Crippen LogP contribution in [0.3, 0.4) is 0 Å². The first-order chi connectivity index (χ1) is 11.4. The van der Waals surface area contributed by atoms with Crippen LogP contribution in [0.15, 0.2) is 40.6 Å². The normalized spacial score (nSPS) is 11.6. The number of thiophene rings is 1.